The summed E-state index contributed by atoms with van der Waals surface area (Å²) in [5.74, 6) is -0.0155. The smallest absolute Gasteiger partial charge is 0.309 e. The summed E-state index contributed by atoms with van der Waals surface area (Å²) < 4.78 is 4.60. The summed E-state index contributed by atoms with van der Waals surface area (Å²) >= 11 is 1.45. The molecule has 0 aliphatic carbocycles. The largest absolute Gasteiger partial charge is 0.469 e. The Labute approximate surface area is 88.6 Å². The van der Waals surface area contributed by atoms with E-state index in [0.717, 1.165) is 0 Å². The van der Waals surface area contributed by atoms with Crippen LogP contribution in [0.15, 0.2) is 0 Å². The van der Waals surface area contributed by atoms with Crippen molar-refractivity contribution in [1.82, 2.24) is 0 Å². The lowest BCUT2D eigenvalue weighted by molar-refractivity contribution is -0.144. The second-order valence-corrected chi connectivity index (χ2v) is 4.60. The van der Waals surface area contributed by atoms with Gasteiger partial charge in [0.25, 0.3) is 0 Å². The number of esters is 1. The van der Waals surface area contributed by atoms with Gasteiger partial charge in [-0.1, -0.05) is 13.8 Å². The van der Waals surface area contributed by atoms with E-state index in [9.17, 15) is 4.79 Å². The minimum Gasteiger partial charge on any atom is -0.469 e. The van der Waals surface area contributed by atoms with Crippen molar-refractivity contribution in [3.63, 3.8) is 0 Å². The Bertz CT molecular complexity index is 174. The second kappa shape index (κ2) is 7.09. The maximum atomic E-state index is 11.1. The summed E-state index contributed by atoms with van der Waals surface area (Å²) in [5.41, 5.74) is 0. The minimum absolute atomic E-state index is 0.0728. The Hall–Kier alpha value is -0.260. The van der Waals surface area contributed by atoms with Crippen LogP contribution in [0.3, 0.4) is 0 Å². The third-order valence-electron chi connectivity index (χ3n) is 2.04. The van der Waals surface area contributed by atoms with Crippen molar-refractivity contribution in [2.45, 2.75) is 25.2 Å². The Morgan fingerprint density at radius 1 is 1.50 bits per heavy atom. The number of ether oxygens (including phenoxy) is 1. The molecular formula is C9H18O4S. The van der Waals surface area contributed by atoms with E-state index in [1.807, 2.05) is 6.92 Å². The maximum Gasteiger partial charge on any atom is 0.309 e. The van der Waals surface area contributed by atoms with Crippen LogP contribution in [-0.2, 0) is 9.53 Å². The molecule has 0 aromatic heterocycles. The van der Waals surface area contributed by atoms with Crippen LogP contribution < -0.4 is 0 Å². The van der Waals surface area contributed by atoms with Crippen molar-refractivity contribution in [3.05, 3.63) is 0 Å². The fraction of sp³-hybridized carbons (Fsp3) is 0.889. The number of methoxy groups -OCH3 is 1. The summed E-state index contributed by atoms with van der Waals surface area (Å²) in [6, 6.07) is 0. The van der Waals surface area contributed by atoms with Crippen LogP contribution >= 0.6 is 11.8 Å². The molecular weight excluding hydrogens is 204 g/mol. The zero-order chi connectivity index (χ0) is 11.1. The van der Waals surface area contributed by atoms with Gasteiger partial charge < -0.3 is 14.9 Å². The average Bonchev–Trinajstić information content (AvgIpc) is 2.22. The molecule has 5 heteroatoms. The molecule has 3 atom stereocenters. The first kappa shape index (κ1) is 13.7. The lowest BCUT2D eigenvalue weighted by Crippen LogP contribution is -2.24. The quantitative estimate of drug-likeness (QED) is 0.631. The molecule has 0 aliphatic rings. The minimum atomic E-state index is -0.715. The molecule has 4 nitrogen and oxygen atoms in total. The third-order valence-corrected chi connectivity index (χ3v) is 3.55. The van der Waals surface area contributed by atoms with Crippen LogP contribution in [0.2, 0.25) is 0 Å². The summed E-state index contributed by atoms with van der Waals surface area (Å²) in [6.07, 6.45) is -0.715. The molecule has 0 aliphatic heterocycles. The van der Waals surface area contributed by atoms with Crippen molar-refractivity contribution in [3.8, 4) is 0 Å². The monoisotopic (exact) mass is 222 g/mol. The van der Waals surface area contributed by atoms with Crippen LogP contribution in [0.1, 0.15) is 13.8 Å². The highest BCUT2D eigenvalue weighted by atomic mass is 32.2. The topological polar surface area (TPSA) is 66.8 Å². The highest BCUT2D eigenvalue weighted by molar-refractivity contribution is 7.99. The molecule has 84 valence electrons. The van der Waals surface area contributed by atoms with Crippen LogP contribution in [0.4, 0.5) is 0 Å². The van der Waals surface area contributed by atoms with Crippen molar-refractivity contribution in [2.75, 3.05) is 19.5 Å². The molecule has 0 saturated heterocycles. The SMILES string of the molecule is COC(=O)C(C)C(C)SCC(O)CO. The first-order chi connectivity index (χ1) is 6.52. The van der Waals surface area contributed by atoms with E-state index in [4.69, 9.17) is 10.2 Å². The highest BCUT2D eigenvalue weighted by Crippen LogP contribution is 2.20. The Kier molecular flexibility index (Phi) is 6.96. The van der Waals surface area contributed by atoms with Gasteiger partial charge in [-0.3, -0.25) is 4.79 Å². The molecule has 0 aromatic carbocycles. The zero-order valence-electron chi connectivity index (χ0n) is 8.77. The molecule has 0 bridgehead atoms. The van der Waals surface area contributed by atoms with Gasteiger partial charge in [-0.2, -0.15) is 11.8 Å². The Balaban J connectivity index is 3.83. The Morgan fingerprint density at radius 2 is 2.07 bits per heavy atom. The summed E-state index contributed by atoms with van der Waals surface area (Å²) in [5, 5.41) is 17.8. The number of hydrogen-bond acceptors (Lipinski definition) is 5. The molecule has 3 unspecified atom stereocenters. The molecule has 0 fully saturated rings. The normalized spacial score (nSPS) is 17.2. The van der Waals surface area contributed by atoms with Gasteiger partial charge in [0, 0.05) is 11.0 Å². The molecule has 2 N–H and O–H groups in total. The van der Waals surface area contributed by atoms with Gasteiger partial charge in [0.05, 0.1) is 25.7 Å². The lowest BCUT2D eigenvalue weighted by Gasteiger charge is -2.18. The van der Waals surface area contributed by atoms with Gasteiger partial charge in [0.2, 0.25) is 0 Å². The van der Waals surface area contributed by atoms with Crippen LogP contribution in [0, 0.1) is 5.92 Å². The van der Waals surface area contributed by atoms with Gasteiger partial charge in [-0.25, -0.2) is 0 Å². The van der Waals surface area contributed by atoms with Crippen molar-refractivity contribution >= 4 is 17.7 Å². The van der Waals surface area contributed by atoms with Crippen molar-refractivity contribution in [1.29, 1.82) is 0 Å². The van der Waals surface area contributed by atoms with E-state index in [1.165, 1.54) is 18.9 Å². The molecule has 0 radical (unpaired) electrons. The van der Waals surface area contributed by atoms with E-state index < -0.39 is 6.10 Å². The van der Waals surface area contributed by atoms with Gasteiger partial charge in [0.1, 0.15) is 0 Å². The molecule has 0 aromatic rings. The molecule has 0 saturated carbocycles. The highest BCUT2D eigenvalue weighted by Gasteiger charge is 2.21. The van der Waals surface area contributed by atoms with Gasteiger partial charge in [-0.15, -0.1) is 0 Å². The summed E-state index contributed by atoms with van der Waals surface area (Å²) in [7, 11) is 1.36. The number of rotatable bonds is 6. The standard InChI is InChI=1S/C9H18O4S/c1-6(9(12)13-3)7(2)14-5-8(11)4-10/h6-8,10-11H,4-5H2,1-3H3. The maximum absolute atomic E-state index is 11.1. The average molecular weight is 222 g/mol. The van der Waals surface area contributed by atoms with E-state index in [0.29, 0.717) is 5.75 Å². The number of carbonyl (C=O) groups is 1. The number of carbonyl (C=O) groups excluding carboxylic acids is 1. The van der Waals surface area contributed by atoms with Crippen LogP contribution in [0.5, 0.6) is 0 Å². The third kappa shape index (κ3) is 4.83. The second-order valence-electron chi connectivity index (χ2n) is 3.19. The van der Waals surface area contributed by atoms with E-state index in [-0.39, 0.29) is 23.7 Å². The Morgan fingerprint density at radius 3 is 2.50 bits per heavy atom. The van der Waals surface area contributed by atoms with Crippen molar-refractivity contribution < 1.29 is 19.7 Å². The predicted octanol–water partition coefficient (Wildman–Crippen LogP) is 0.270. The zero-order valence-corrected chi connectivity index (χ0v) is 9.58. The van der Waals surface area contributed by atoms with E-state index in [2.05, 4.69) is 4.74 Å². The summed E-state index contributed by atoms with van der Waals surface area (Å²) in [4.78, 5) is 11.1. The predicted molar refractivity (Wildman–Crippen MR) is 56.2 cm³/mol. The first-order valence-electron chi connectivity index (χ1n) is 4.51. The number of thioether (sulfide) groups is 1. The number of aliphatic hydroxyl groups is 2. The van der Waals surface area contributed by atoms with Crippen LogP contribution in [-0.4, -0.2) is 47.0 Å². The molecule has 14 heavy (non-hydrogen) atoms. The van der Waals surface area contributed by atoms with Gasteiger partial charge in [-0.05, 0) is 0 Å². The van der Waals surface area contributed by atoms with Gasteiger partial charge >= 0.3 is 5.97 Å². The van der Waals surface area contributed by atoms with E-state index >= 15 is 0 Å². The number of aliphatic hydroxyl groups excluding tert-OH is 2. The molecule has 0 spiro atoms. The molecule has 0 rings (SSSR count). The van der Waals surface area contributed by atoms with Crippen molar-refractivity contribution in [2.24, 2.45) is 5.92 Å². The molecule has 0 amide bonds. The van der Waals surface area contributed by atoms with E-state index in [1.54, 1.807) is 6.92 Å². The number of hydrogen-bond donors (Lipinski definition) is 2. The van der Waals surface area contributed by atoms with Crippen LogP contribution in [0.25, 0.3) is 0 Å². The lowest BCUT2D eigenvalue weighted by atomic mass is 10.1. The first-order valence-corrected chi connectivity index (χ1v) is 5.56. The molecule has 0 heterocycles. The van der Waals surface area contributed by atoms with Gasteiger partial charge in [0.15, 0.2) is 0 Å². The fourth-order valence-corrected chi connectivity index (χ4v) is 1.87. The summed E-state index contributed by atoms with van der Waals surface area (Å²) in [6.45, 7) is 3.44. The fourth-order valence-electron chi connectivity index (χ4n) is 0.837.